The number of likely N-dealkylation sites (tertiary alicyclic amines) is 1. The third kappa shape index (κ3) is 4.06. The van der Waals surface area contributed by atoms with Crippen LogP contribution in [-0.2, 0) is 16.1 Å². The van der Waals surface area contributed by atoms with Gasteiger partial charge in [0.2, 0.25) is 5.91 Å². The van der Waals surface area contributed by atoms with Crippen molar-refractivity contribution < 1.29 is 14.3 Å². The number of nitrogens with one attached hydrogen (secondary N) is 1. The van der Waals surface area contributed by atoms with Gasteiger partial charge < -0.3 is 14.5 Å². The third-order valence-electron chi connectivity index (χ3n) is 5.47. The summed E-state index contributed by atoms with van der Waals surface area (Å²) in [5.74, 6) is -0.195. The number of carbonyl (C=O) groups is 2. The molecule has 2 fully saturated rings. The Kier molecular flexibility index (Phi) is 5.38. The number of carbonyl (C=O) groups excluding carboxylic acids is 2. The Morgan fingerprint density at radius 3 is 2.63 bits per heavy atom. The summed E-state index contributed by atoms with van der Waals surface area (Å²) in [6, 6.07) is 1.36. The minimum atomic E-state index is -0.602. The summed E-state index contributed by atoms with van der Waals surface area (Å²) in [4.78, 5) is 53.2. The van der Waals surface area contributed by atoms with Gasteiger partial charge in [-0.3, -0.25) is 19.1 Å². The highest BCUT2D eigenvalue weighted by molar-refractivity contribution is 5.76. The molecular formula is C18H26N4O5. The Hall–Kier alpha value is -2.58. The largest absolute Gasteiger partial charge is 0.441 e. The lowest BCUT2D eigenvalue weighted by Gasteiger charge is -2.37. The van der Waals surface area contributed by atoms with Crippen molar-refractivity contribution in [2.45, 2.75) is 57.7 Å². The molecule has 3 rings (SSSR count). The number of amides is 2. The Labute approximate surface area is 156 Å². The molecule has 0 bridgehead atoms. The fourth-order valence-electron chi connectivity index (χ4n) is 3.80. The van der Waals surface area contributed by atoms with Crippen LogP contribution >= 0.6 is 0 Å². The number of H-pyrrole nitrogens is 1. The van der Waals surface area contributed by atoms with Gasteiger partial charge >= 0.3 is 11.8 Å². The lowest BCUT2D eigenvalue weighted by molar-refractivity contribution is -0.135. The average molecular weight is 378 g/mol. The van der Waals surface area contributed by atoms with Gasteiger partial charge in [-0.1, -0.05) is 13.3 Å². The average Bonchev–Trinajstić information content (AvgIpc) is 2.94. The van der Waals surface area contributed by atoms with E-state index in [9.17, 15) is 19.2 Å². The molecule has 2 saturated heterocycles. The van der Waals surface area contributed by atoms with E-state index in [0.29, 0.717) is 32.5 Å². The fraction of sp³-hybridized carbons (Fsp3) is 0.667. The maximum Gasteiger partial charge on any atom is 0.410 e. The first kappa shape index (κ1) is 19.2. The van der Waals surface area contributed by atoms with Crippen molar-refractivity contribution in [1.29, 1.82) is 0 Å². The van der Waals surface area contributed by atoms with Crippen LogP contribution < -0.4 is 11.2 Å². The van der Waals surface area contributed by atoms with Crippen LogP contribution in [0.3, 0.4) is 0 Å². The Bertz CT molecular complexity index is 822. The second kappa shape index (κ2) is 7.58. The van der Waals surface area contributed by atoms with Crippen LogP contribution in [0.4, 0.5) is 4.79 Å². The van der Waals surface area contributed by atoms with Gasteiger partial charge in [0.1, 0.15) is 12.1 Å². The maximum absolute atomic E-state index is 12.5. The summed E-state index contributed by atoms with van der Waals surface area (Å²) in [7, 11) is 0. The van der Waals surface area contributed by atoms with E-state index in [2.05, 4.69) is 11.9 Å². The van der Waals surface area contributed by atoms with Crippen molar-refractivity contribution in [3.8, 4) is 0 Å². The summed E-state index contributed by atoms with van der Waals surface area (Å²) in [5.41, 5.74) is -1.62. The second-order valence-corrected chi connectivity index (χ2v) is 7.44. The van der Waals surface area contributed by atoms with Crippen molar-refractivity contribution in [3.63, 3.8) is 0 Å². The van der Waals surface area contributed by atoms with Crippen molar-refractivity contribution in [2.24, 2.45) is 0 Å². The summed E-state index contributed by atoms with van der Waals surface area (Å²) < 4.78 is 6.88. The highest BCUT2D eigenvalue weighted by Crippen LogP contribution is 2.34. The second-order valence-electron chi connectivity index (χ2n) is 7.44. The molecule has 0 aliphatic carbocycles. The molecule has 2 aliphatic heterocycles. The Morgan fingerprint density at radius 1 is 1.30 bits per heavy atom. The zero-order valence-corrected chi connectivity index (χ0v) is 15.8. The van der Waals surface area contributed by atoms with E-state index in [0.717, 1.165) is 12.8 Å². The van der Waals surface area contributed by atoms with Crippen molar-refractivity contribution in [3.05, 3.63) is 33.1 Å². The van der Waals surface area contributed by atoms with Gasteiger partial charge in [0.05, 0.1) is 6.54 Å². The Balaban J connectivity index is 1.58. The van der Waals surface area contributed by atoms with E-state index < -0.39 is 16.9 Å². The van der Waals surface area contributed by atoms with Gasteiger partial charge in [-0.15, -0.1) is 0 Å². The van der Waals surface area contributed by atoms with Crippen LogP contribution in [0.25, 0.3) is 0 Å². The molecule has 0 aromatic carbocycles. The number of nitrogens with zero attached hydrogens (tertiary/aromatic N) is 3. The molecule has 1 spiro atoms. The third-order valence-corrected chi connectivity index (χ3v) is 5.47. The van der Waals surface area contributed by atoms with E-state index in [1.165, 1.54) is 16.8 Å². The van der Waals surface area contributed by atoms with E-state index in [4.69, 9.17) is 4.74 Å². The van der Waals surface area contributed by atoms with Crippen LogP contribution in [0, 0.1) is 0 Å². The van der Waals surface area contributed by atoms with Gasteiger partial charge in [0.15, 0.2) is 0 Å². The molecule has 2 aliphatic rings. The van der Waals surface area contributed by atoms with Crippen LogP contribution in [0.5, 0.6) is 0 Å². The van der Waals surface area contributed by atoms with Gasteiger partial charge in [-0.25, -0.2) is 9.59 Å². The lowest BCUT2D eigenvalue weighted by Crippen LogP contribution is -2.50. The summed E-state index contributed by atoms with van der Waals surface area (Å²) >= 11 is 0. The molecule has 0 unspecified atom stereocenters. The van der Waals surface area contributed by atoms with Crippen molar-refractivity contribution in [1.82, 2.24) is 19.4 Å². The first-order valence-electron chi connectivity index (χ1n) is 9.41. The van der Waals surface area contributed by atoms with Gasteiger partial charge in [0, 0.05) is 44.2 Å². The van der Waals surface area contributed by atoms with E-state index >= 15 is 0 Å². The fourth-order valence-corrected chi connectivity index (χ4v) is 3.80. The molecule has 1 N–H and O–H groups in total. The van der Waals surface area contributed by atoms with Crippen molar-refractivity contribution in [2.75, 3.05) is 19.6 Å². The highest BCUT2D eigenvalue weighted by atomic mass is 16.6. The molecule has 1 atom stereocenters. The van der Waals surface area contributed by atoms with E-state index in [-0.39, 0.29) is 24.6 Å². The Morgan fingerprint density at radius 2 is 2.00 bits per heavy atom. The van der Waals surface area contributed by atoms with Gasteiger partial charge in [-0.2, -0.15) is 0 Å². The molecule has 2 amide bonds. The molecule has 148 valence electrons. The number of rotatable bonds is 5. The number of hydrogen-bond donors (Lipinski definition) is 1. The number of piperidine rings is 1. The SMILES string of the molecule is CCC[C@H](C)N1CC2(CCN(C(=O)Cn3ccc(=O)[nH]c3=O)CC2)OC1=O. The van der Waals surface area contributed by atoms with Crippen LogP contribution in [0.1, 0.15) is 39.5 Å². The van der Waals surface area contributed by atoms with Crippen molar-refractivity contribution >= 4 is 12.0 Å². The summed E-state index contributed by atoms with van der Waals surface area (Å²) in [5, 5.41) is 0. The molecule has 0 saturated carbocycles. The van der Waals surface area contributed by atoms with Gasteiger partial charge in [-0.05, 0) is 13.3 Å². The van der Waals surface area contributed by atoms with Crippen LogP contribution in [-0.4, -0.2) is 62.6 Å². The first-order valence-corrected chi connectivity index (χ1v) is 9.41. The maximum atomic E-state index is 12.5. The predicted octanol–water partition coefficient (Wildman–Crippen LogP) is 0.539. The molecule has 9 heteroatoms. The molecule has 9 nitrogen and oxygen atoms in total. The minimum absolute atomic E-state index is 0.123. The number of aromatic amines is 1. The standard InChI is InChI=1S/C18H26N4O5/c1-3-4-13(2)22-12-18(27-17(22)26)6-9-20(10-7-18)15(24)11-21-8-5-14(23)19-16(21)25/h5,8,13H,3-4,6-7,9-12H2,1-2H3,(H,19,23,25)/t13-/m0/s1. The quantitative estimate of drug-likeness (QED) is 0.805. The summed E-state index contributed by atoms with van der Waals surface area (Å²) in [6.45, 7) is 5.51. The van der Waals surface area contributed by atoms with Gasteiger partial charge in [0.25, 0.3) is 5.56 Å². The number of ether oxygens (including phenoxy) is 1. The van der Waals surface area contributed by atoms with Crippen LogP contribution in [0.15, 0.2) is 21.9 Å². The zero-order valence-electron chi connectivity index (χ0n) is 15.8. The molecule has 1 aromatic rings. The summed E-state index contributed by atoms with van der Waals surface area (Å²) in [6.07, 6.45) is 4.15. The molecular weight excluding hydrogens is 352 g/mol. The number of hydrogen-bond acceptors (Lipinski definition) is 5. The first-order chi connectivity index (χ1) is 12.8. The van der Waals surface area contributed by atoms with E-state index in [1.54, 1.807) is 9.80 Å². The topological polar surface area (TPSA) is 105 Å². The smallest absolute Gasteiger partial charge is 0.410 e. The lowest BCUT2D eigenvalue weighted by atomic mass is 9.91. The molecule has 0 radical (unpaired) electrons. The highest BCUT2D eigenvalue weighted by Gasteiger charge is 2.48. The predicted molar refractivity (Wildman–Crippen MR) is 97.4 cm³/mol. The monoisotopic (exact) mass is 378 g/mol. The normalized spacial score (nSPS) is 20.0. The van der Waals surface area contributed by atoms with E-state index in [1.807, 2.05) is 6.92 Å². The zero-order chi connectivity index (χ0) is 19.6. The molecule has 27 heavy (non-hydrogen) atoms. The minimum Gasteiger partial charge on any atom is -0.441 e. The number of aromatic nitrogens is 2. The molecule has 1 aromatic heterocycles. The molecule has 3 heterocycles. The van der Waals surface area contributed by atoms with Crippen LogP contribution in [0.2, 0.25) is 0 Å².